The zero-order chi connectivity index (χ0) is 20.3. The van der Waals surface area contributed by atoms with Gasteiger partial charge < -0.3 is 15.0 Å². The largest absolute Gasteiger partial charge is 0.444 e. The Hall–Kier alpha value is -1.56. The van der Waals surface area contributed by atoms with Crippen LogP contribution in [0.25, 0.3) is 10.9 Å². The van der Waals surface area contributed by atoms with E-state index < -0.39 is 5.60 Å². The summed E-state index contributed by atoms with van der Waals surface area (Å²) in [4.78, 5) is 18.7. The Morgan fingerprint density at radius 3 is 2.68 bits per heavy atom. The van der Waals surface area contributed by atoms with Crippen LogP contribution < -0.4 is 5.32 Å². The van der Waals surface area contributed by atoms with E-state index in [0.717, 1.165) is 55.4 Å². The molecule has 152 valence electrons. The van der Waals surface area contributed by atoms with Crippen LogP contribution in [0.2, 0.25) is 10.0 Å². The standard InChI is InChI=1S/C21H27Cl2N3O2/c1-21(2,3)28-20(27)25-15-6-9-26(10-7-15)11-8-16-17-12-14(22)4-5-19(17)24-13-18(16)23/h4-5,12-13,15H,6-11H2,1-3H3,(H,25,27). The molecule has 7 heteroatoms. The number of nitrogens with zero attached hydrogens (tertiary/aromatic N) is 2. The molecule has 1 aromatic heterocycles. The number of likely N-dealkylation sites (tertiary alicyclic amines) is 1. The van der Waals surface area contributed by atoms with Crippen molar-refractivity contribution >= 4 is 40.2 Å². The normalized spacial score (nSPS) is 16.3. The fraction of sp³-hybridized carbons (Fsp3) is 0.524. The van der Waals surface area contributed by atoms with Crippen LogP contribution in [-0.2, 0) is 11.2 Å². The summed E-state index contributed by atoms with van der Waals surface area (Å²) in [6, 6.07) is 5.86. The number of hydrogen-bond donors (Lipinski definition) is 1. The van der Waals surface area contributed by atoms with Gasteiger partial charge in [0.1, 0.15) is 5.60 Å². The summed E-state index contributed by atoms with van der Waals surface area (Å²) >= 11 is 12.6. The van der Waals surface area contributed by atoms with Crippen molar-refractivity contribution in [1.82, 2.24) is 15.2 Å². The summed E-state index contributed by atoms with van der Waals surface area (Å²) in [7, 11) is 0. The zero-order valence-electron chi connectivity index (χ0n) is 16.6. The van der Waals surface area contributed by atoms with E-state index in [1.165, 1.54) is 0 Å². The van der Waals surface area contributed by atoms with Gasteiger partial charge in [-0.3, -0.25) is 4.98 Å². The van der Waals surface area contributed by atoms with Crippen LogP contribution >= 0.6 is 23.2 Å². The van der Waals surface area contributed by atoms with Crippen molar-refractivity contribution in [1.29, 1.82) is 0 Å². The molecule has 3 rings (SSSR count). The number of carbonyl (C=O) groups is 1. The number of fused-ring (bicyclic) bond motifs is 1. The van der Waals surface area contributed by atoms with Crippen LogP contribution in [-0.4, -0.2) is 47.3 Å². The molecule has 0 atom stereocenters. The first-order chi connectivity index (χ1) is 13.2. The number of pyridine rings is 1. The first-order valence-electron chi connectivity index (χ1n) is 9.66. The van der Waals surface area contributed by atoms with E-state index in [2.05, 4.69) is 15.2 Å². The van der Waals surface area contributed by atoms with Gasteiger partial charge in [0.25, 0.3) is 0 Å². The minimum atomic E-state index is -0.472. The van der Waals surface area contributed by atoms with Crippen LogP contribution in [0.15, 0.2) is 24.4 Å². The summed E-state index contributed by atoms with van der Waals surface area (Å²) in [5, 5.41) is 5.36. The van der Waals surface area contributed by atoms with Crippen LogP contribution in [0.3, 0.4) is 0 Å². The van der Waals surface area contributed by atoms with Gasteiger partial charge in [-0.25, -0.2) is 4.79 Å². The molecule has 5 nitrogen and oxygen atoms in total. The predicted octanol–water partition coefficient (Wildman–Crippen LogP) is 5.07. The molecule has 28 heavy (non-hydrogen) atoms. The minimum absolute atomic E-state index is 0.162. The molecule has 1 fully saturated rings. The number of alkyl carbamates (subject to hydrolysis) is 1. The molecule has 2 heterocycles. The van der Waals surface area contributed by atoms with Crippen LogP contribution in [0.5, 0.6) is 0 Å². The second-order valence-corrected chi connectivity index (χ2v) is 9.10. The zero-order valence-corrected chi connectivity index (χ0v) is 18.1. The van der Waals surface area contributed by atoms with Crippen molar-refractivity contribution in [3.8, 4) is 0 Å². The third-order valence-electron chi connectivity index (χ3n) is 4.88. The number of benzene rings is 1. The molecule has 1 amide bonds. The van der Waals surface area contributed by atoms with Crippen molar-refractivity contribution in [2.45, 2.75) is 51.7 Å². The molecule has 0 bridgehead atoms. The van der Waals surface area contributed by atoms with Crippen molar-refractivity contribution in [2.24, 2.45) is 0 Å². The first kappa shape index (κ1) is 21.2. The Morgan fingerprint density at radius 2 is 2.00 bits per heavy atom. The molecule has 2 aromatic rings. The number of amides is 1. The van der Waals surface area contributed by atoms with Gasteiger partial charge in [0.15, 0.2) is 0 Å². The fourth-order valence-corrected chi connectivity index (χ4v) is 3.91. The summed E-state index contributed by atoms with van der Waals surface area (Å²) in [6.07, 6.45) is 4.04. The smallest absolute Gasteiger partial charge is 0.407 e. The van der Waals surface area contributed by atoms with Gasteiger partial charge in [-0.15, -0.1) is 0 Å². The number of aromatic nitrogens is 1. The maximum Gasteiger partial charge on any atom is 0.407 e. The Labute approximate surface area is 176 Å². The lowest BCUT2D eigenvalue weighted by molar-refractivity contribution is 0.0479. The van der Waals surface area contributed by atoms with Crippen LogP contribution in [0.1, 0.15) is 39.2 Å². The summed E-state index contributed by atoms with van der Waals surface area (Å²) in [5.41, 5.74) is 1.52. The molecular weight excluding hydrogens is 397 g/mol. The van der Waals surface area contributed by atoms with Gasteiger partial charge in [0.2, 0.25) is 0 Å². The van der Waals surface area contributed by atoms with E-state index in [0.29, 0.717) is 10.0 Å². The number of piperidine rings is 1. The molecule has 1 aromatic carbocycles. The number of halogens is 2. The third-order valence-corrected chi connectivity index (χ3v) is 5.44. The third kappa shape index (κ3) is 5.72. The lowest BCUT2D eigenvalue weighted by atomic mass is 10.0. The average molecular weight is 424 g/mol. The van der Waals surface area contributed by atoms with E-state index in [1.54, 1.807) is 6.20 Å². The van der Waals surface area contributed by atoms with E-state index >= 15 is 0 Å². The number of hydrogen-bond acceptors (Lipinski definition) is 4. The van der Waals surface area contributed by atoms with Crippen LogP contribution in [0, 0.1) is 0 Å². The maximum absolute atomic E-state index is 11.9. The number of nitrogens with one attached hydrogen (secondary N) is 1. The Balaban J connectivity index is 1.54. The highest BCUT2D eigenvalue weighted by Gasteiger charge is 2.23. The van der Waals surface area contributed by atoms with E-state index in [4.69, 9.17) is 27.9 Å². The Bertz CT molecular complexity index is 838. The molecular formula is C21H27Cl2N3O2. The van der Waals surface area contributed by atoms with E-state index in [9.17, 15) is 4.79 Å². The average Bonchev–Trinajstić information content (AvgIpc) is 2.60. The Morgan fingerprint density at radius 1 is 1.29 bits per heavy atom. The van der Waals surface area contributed by atoms with Crippen LogP contribution in [0.4, 0.5) is 4.79 Å². The number of carbonyl (C=O) groups excluding carboxylic acids is 1. The predicted molar refractivity (Wildman–Crippen MR) is 114 cm³/mol. The second-order valence-electron chi connectivity index (χ2n) is 8.26. The number of rotatable bonds is 4. The minimum Gasteiger partial charge on any atom is -0.444 e. The van der Waals surface area contributed by atoms with Gasteiger partial charge in [-0.1, -0.05) is 23.2 Å². The summed E-state index contributed by atoms with van der Waals surface area (Å²) in [6.45, 7) is 8.39. The highest BCUT2D eigenvalue weighted by Crippen LogP contribution is 2.27. The highest BCUT2D eigenvalue weighted by molar-refractivity contribution is 6.33. The van der Waals surface area contributed by atoms with Crippen molar-refractivity contribution in [3.63, 3.8) is 0 Å². The number of ether oxygens (including phenoxy) is 1. The molecule has 0 aliphatic carbocycles. The van der Waals surface area contributed by atoms with Crippen molar-refractivity contribution < 1.29 is 9.53 Å². The quantitative estimate of drug-likeness (QED) is 0.745. The Kier molecular flexibility index (Phi) is 6.69. The monoisotopic (exact) mass is 423 g/mol. The topological polar surface area (TPSA) is 54.5 Å². The van der Waals surface area contributed by atoms with Crippen molar-refractivity contribution in [3.05, 3.63) is 40.0 Å². The molecule has 1 N–H and O–H groups in total. The summed E-state index contributed by atoms with van der Waals surface area (Å²) < 4.78 is 5.34. The maximum atomic E-state index is 11.9. The van der Waals surface area contributed by atoms with Gasteiger partial charge in [-0.2, -0.15) is 0 Å². The molecule has 0 radical (unpaired) electrons. The first-order valence-corrected chi connectivity index (χ1v) is 10.4. The lowest BCUT2D eigenvalue weighted by Crippen LogP contribution is -2.46. The van der Waals surface area contributed by atoms with E-state index in [-0.39, 0.29) is 12.1 Å². The second kappa shape index (κ2) is 8.85. The van der Waals surface area contributed by atoms with Gasteiger partial charge in [-0.05, 0) is 63.8 Å². The molecule has 1 saturated heterocycles. The SMILES string of the molecule is CC(C)(C)OC(=O)NC1CCN(CCc2c(Cl)cnc3ccc(Cl)cc23)CC1. The van der Waals surface area contributed by atoms with Gasteiger partial charge >= 0.3 is 6.09 Å². The molecule has 1 aliphatic rings. The molecule has 0 unspecified atom stereocenters. The van der Waals surface area contributed by atoms with Gasteiger partial charge in [0.05, 0.1) is 10.5 Å². The highest BCUT2D eigenvalue weighted by atomic mass is 35.5. The molecule has 1 aliphatic heterocycles. The molecule has 0 spiro atoms. The lowest BCUT2D eigenvalue weighted by Gasteiger charge is -2.33. The van der Waals surface area contributed by atoms with Crippen molar-refractivity contribution in [2.75, 3.05) is 19.6 Å². The fourth-order valence-electron chi connectivity index (χ4n) is 3.49. The molecule has 0 saturated carbocycles. The van der Waals surface area contributed by atoms with E-state index in [1.807, 2.05) is 39.0 Å². The summed E-state index contributed by atoms with van der Waals surface area (Å²) in [5.74, 6) is 0. The van der Waals surface area contributed by atoms with Gasteiger partial charge in [0, 0.05) is 42.3 Å².